The minimum Gasteiger partial charge on any atom is -0.310 e. The molecule has 0 bridgehead atoms. The third-order valence-electron chi connectivity index (χ3n) is 12.8. The van der Waals surface area contributed by atoms with Gasteiger partial charge in [-0.25, -0.2) is 0 Å². The van der Waals surface area contributed by atoms with Gasteiger partial charge >= 0.3 is 0 Å². The molecule has 0 radical (unpaired) electrons. The Balaban J connectivity index is 1.11. The second-order valence-electron chi connectivity index (χ2n) is 16.0. The predicted molar refractivity (Wildman–Crippen MR) is 260 cm³/mol. The van der Waals surface area contributed by atoms with Crippen LogP contribution in [0.25, 0.3) is 51.8 Å². The highest BCUT2D eigenvalue weighted by molar-refractivity contribution is 7.26. The van der Waals surface area contributed by atoms with Crippen LogP contribution in [-0.4, -0.2) is 0 Å². The van der Waals surface area contributed by atoms with Crippen LogP contribution in [0.4, 0.5) is 34.1 Å². The van der Waals surface area contributed by atoms with Crippen LogP contribution in [0.1, 0.15) is 22.3 Å². The molecule has 0 N–H and O–H groups in total. The first-order chi connectivity index (χ1) is 30.3. The fraction of sp³-hybridized carbons (Fsp3) is 0.0175. The number of nitrogens with zero attached hydrogens (tertiary/aromatic N) is 2. The molecular weight excluding hydrogens is 777 g/mol. The van der Waals surface area contributed by atoms with E-state index in [1.165, 1.54) is 85.5 Å². The van der Waals surface area contributed by atoms with Gasteiger partial charge in [-0.3, -0.25) is 0 Å². The van der Waals surface area contributed by atoms with Crippen molar-refractivity contribution in [3.05, 3.63) is 241 Å². The number of hydrogen-bond acceptors (Lipinski definition) is 4. The fourth-order valence-corrected chi connectivity index (χ4v) is 13.0. The van der Waals surface area contributed by atoms with Crippen molar-refractivity contribution in [2.24, 2.45) is 0 Å². The van der Waals surface area contributed by atoms with Crippen molar-refractivity contribution in [3.8, 4) is 21.6 Å². The van der Waals surface area contributed by atoms with Crippen molar-refractivity contribution < 1.29 is 0 Å². The molecule has 1 unspecified atom stereocenters. The number of anilines is 6. The lowest BCUT2D eigenvalue weighted by Gasteiger charge is -2.32. The third kappa shape index (κ3) is 4.89. The summed E-state index contributed by atoms with van der Waals surface area (Å²) in [5.41, 5.74) is 15.7. The maximum absolute atomic E-state index is 2.52. The van der Waals surface area contributed by atoms with Gasteiger partial charge in [0.05, 0.1) is 21.5 Å². The number of fused-ring (bicyclic) bond motifs is 15. The summed E-state index contributed by atoms with van der Waals surface area (Å²) in [7, 11) is 0. The number of thiophene rings is 2. The smallest absolute Gasteiger partial charge is 0.0740 e. The molecule has 1 atom stereocenters. The molecule has 286 valence electrons. The highest BCUT2D eigenvalue weighted by Crippen LogP contribution is 2.68. The SMILES string of the molecule is c1ccc(N(c2ccccc2)c2ccc3c(c2)-c2sc4ccccc4c2C32c3ccccc3-c3c(N(c4ccccc4)c4cccc5c4sc4ccccc45)cccc32)cc1. The summed E-state index contributed by atoms with van der Waals surface area (Å²) in [6.07, 6.45) is 0. The molecule has 2 aromatic heterocycles. The largest absolute Gasteiger partial charge is 0.310 e. The molecule has 2 nitrogen and oxygen atoms in total. The molecular formula is C57H36N2S2. The summed E-state index contributed by atoms with van der Waals surface area (Å²) < 4.78 is 3.91. The lowest BCUT2D eigenvalue weighted by molar-refractivity contribution is 0.802. The highest BCUT2D eigenvalue weighted by atomic mass is 32.1. The van der Waals surface area contributed by atoms with Crippen molar-refractivity contribution in [2.75, 3.05) is 9.80 Å². The summed E-state index contributed by atoms with van der Waals surface area (Å²) in [5.74, 6) is 0. The maximum Gasteiger partial charge on any atom is 0.0740 e. The summed E-state index contributed by atoms with van der Waals surface area (Å²) in [6, 6.07) is 80.7. The minimum absolute atomic E-state index is 0.527. The monoisotopic (exact) mass is 812 g/mol. The Labute approximate surface area is 362 Å². The van der Waals surface area contributed by atoms with Crippen molar-refractivity contribution in [2.45, 2.75) is 5.41 Å². The molecule has 2 heterocycles. The topological polar surface area (TPSA) is 6.48 Å². The zero-order chi connectivity index (χ0) is 40.1. The Kier molecular flexibility index (Phi) is 7.59. The van der Waals surface area contributed by atoms with Crippen molar-refractivity contribution in [3.63, 3.8) is 0 Å². The standard InChI is InChI=1S/C57H36N2S2/c1-4-18-37(19-5-1)58(38-20-6-2-7-21-38)40-34-35-47-45(36-40)56-54(44-26-12-15-33-52(44)61-56)57(47)46-28-13-10-25-43(46)53-48(57)29-17-30-49(53)59(39-22-8-3-9-23-39)50-31-16-27-42-41-24-11-14-32-51(41)60-55(42)50/h1-36H. The van der Waals surface area contributed by atoms with E-state index >= 15 is 0 Å². The lowest BCUT2D eigenvalue weighted by Crippen LogP contribution is -2.26. The fourth-order valence-electron chi connectivity index (χ4n) is 10.5. The summed E-state index contributed by atoms with van der Waals surface area (Å²) in [5, 5.41) is 3.92. The molecule has 61 heavy (non-hydrogen) atoms. The first-order valence-electron chi connectivity index (χ1n) is 20.8. The van der Waals surface area contributed by atoms with E-state index in [-0.39, 0.29) is 0 Å². The molecule has 13 rings (SSSR count). The van der Waals surface area contributed by atoms with E-state index in [1.54, 1.807) is 0 Å². The van der Waals surface area contributed by atoms with Crippen LogP contribution in [0, 0.1) is 0 Å². The summed E-state index contributed by atoms with van der Waals surface area (Å²) >= 11 is 3.81. The van der Waals surface area contributed by atoms with E-state index in [1.807, 2.05) is 22.7 Å². The van der Waals surface area contributed by atoms with Gasteiger partial charge in [0.2, 0.25) is 0 Å². The molecule has 0 saturated heterocycles. The molecule has 9 aromatic carbocycles. The zero-order valence-electron chi connectivity index (χ0n) is 33.0. The molecule has 2 aliphatic carbocycles. The first kappa shape index (κ1) is 34.6. The van der Waals surface area contributed by atoms with Gasteiger partial charge < -0.3 is 9.80 Å². The van der Waals surface area contributed by atoms with Gasteiger partial charge in [-0.2, -0.15) is 0 Å². The summed E-state index contributed by atoms with van der Waals surface area (Å²) in [4.78, 5) is 6.26. The van der Waals surface area contributed by atoms with Crippen LogP contribution in [0.5, 0.6) is 0 Å². The molecule has 2 aliphatic rings. The van der Waals surface area contributed by atoms with E-state index in [2.05, 4.69) is 228 Å². The average Bonchev–Trinajstić information content (AvgIpc) is 4.06. The summed E-state index contributed by atoms with van der Waals surface area (Å²) in [6.45, 7) is 0. The number of hydrogen-bond donors (Lipinski definition) is 0. The first-order valence-corrected chi connectivity index (χ1v) is 22.5. The van der Waals surface area contributed by atoms with Crippen LogP contribution >= 0.6 is 22.7 Å². The number of para-hydroxylation sites is 3. The number of rotatable bonds is 6. The van der Waals surface area contributed by atoms with Crippen LogP contribution < -0.4 is 9.80 Å². The minimum atomic E-state index is -0.527. The van der Waals surface area contributed by atoms with Crippen LogP contribution in [-0.2, 0) is 5.41 Å². The second-order valence-corrected chi connectivity index (χ2v) is 18.1. The van der Waals surface area contributed by atoms with E-state index < -0.39 is 5.41 Å². The van der Waals surface area contributed by atoms with Crippen molar-refractivity contribution >= 4 is 87.1 Å². The van der Waals surface area contributed by atoms with E-state index in [9.17, 15) is 0 Å². The van der Waals surface area contributed by atoms with Gasteiger partial charge in [0, 0.05) is 53.4 Å². The number of benzene rings is 9. The average molecular weight is 813 g/mol. The predicted octanol–water partition coefficient (Wildman–Crippen LogP) is 16.6. The van der Waals surface area contributed by atoms with Crippen molar-refractivity contribution in [1.29, 1.82) is 0 Å². The molecule has 11 aromatic rings. The Bertz CT molecular complexity index is 3460. The van der Waals surface area contributed by atoms with Gasteiger partial charge in [0.15, 0.2) is 0 Å². The van der Waals surface area contributed by atoms with Crippen molar-refractivity contribution in [1.82, 2.24) is 0 Å². The van der Waals surface area contributed by atoms with Gasteiger partial charge in [-0.05, 0) is 112 Å². The normalized spacial score (nSPS) is 14.6. The lowest BCUT2D eigenvalue weighted by atomic mass is 9.70. The van der Waals surface area contributed by atoms with Gasteiger partial charge in [0.25, 0.3) is 0 Å². The van der Waals surface area contributed by atoms with Gasteiger partial charge in [0.1, 0.15) is 0 Å². The molecule has 0 saturated carbocycles. The van der Waals surface area contributed by atoms with E-state index in [0.717, 1.165) is 22.7 Å². The van der Waals surface area contributed by atoms with Gasteiger partial charge in [-0.15, -0.1) is 22.7 Å². The molecule has 1 spiro atoms. The van der Waals surface area contributed by atoms with Crippen LogP contribution in [0.3, 0.4) is 0 Å². The quantitative estimate of drug-likeness (QED) is 0.165. The highest BCUT2D eigenvalue weighted by Gasteiger charge is 2.54. The second kappa shape index (κ2) is 13.4. The molecule has 4 heteroatoms. The van der Waals surface area contributed by atoms with Gasteiger partial charge in [-0.1, -0.05) is 146 Å². The van der Waals surface area contributed by atoms with E-state index in [0.29, 0.717) is 0 Å². The van der Waals surface area contributed by atoms with E-state index in [4.69, 9.17) is 0 Å². The zero-order valence-corrected chi connectivity index (χ0v) is 34.6. The Morgan fingerprint density at radius 3 is 1.62 bits per heavy atom. The Hall–Kier alpha value is -7.24. The van der Waals surface area contributed by atoms with Crippen LogP contribution in [0.15, 0.2) is 218 Å². The third-order valence-corrected chi connectivity index (χ3v) is 15.2. The Morgan fingerprint density at radius 2 is 0.885 bits per heavy atom. The Morgan fingerprint density at radius 1 is 0.344 bits per heavy atom. The van der Waals surface area contributed by atoms with Crippen LogP contribution in [0.2, 0.25) is 0 Å². The molecule has 0 aliphatic heterocycles. The maximum atomic E-state index is 2.52. The molecule has 0 amide bonds. The molecule has 0 fully saturated rings.